The van der Waals surface area contributed by atoms with E-state index >= 15 is 0 Å². The van der Waals surface area contributed by atoms with Crippen LogP contribution >= 0.6 is 23.2 Å². The number of aryl methyl sites for hydroxylation is 2. The van der Waals surface area contributed by atoms with Crippen molar-refractivity contribution in [3.8, 4) is 5.75 Å². The Bertz CT molecular complexity index is 638. The molecule has 2 aromatic rings. The number of hydrogen-bond acceptors (Lipinski definition) is 3. The highest BCUT2D eigenvalue weighted by Crippen LogP contribution is 2.28. The predicted octanol–water partition coefficient (Wildman–Crippen LogP) is 5.04. The summed E-state index contributed by atoms with van der Waals surface area (Å²) in [4.78, 5) is 2.17. The van der Waals surface area contributed by atoms with Crippen LogP contribution in [0, 0.1) is 13.8 Å². The summed E-state index contributed by atoms with van der Waals surface area (Å²) in [6.45, 7) is 5.41. The number of phenols is 1. The Balaban J connectivity index is 2.15. The number of aromatic hydroxyl groups is 1. The van der Waals surface area contributed by atoms with Gasteiger partial charge in [0.25, 0.3) is 0 Å². The molecule has 0 unspecified atom stereocenters. The van der Waals surface area contributed by atoms with Crippen molar-refractivity contribution in [3.05, 3.63) is 47.5 Å². The van der Waals surface area contributed by atoms with Gasteiger partial charge in [-0.2, -0.15) is 0 Å². The van der Waals surface area contributed by atoms with E-state index in [1.54, 1.807) is 6.07 Å². The summed E-state index contributed by atoms with van der Waals surface area (Å²) >= 11 is 11.7. The number of halogens is 2. The maximum Gasteiger partial charge on any atom is 0.118 e. The van der Waals surface area contributed by atoms with Crippen molar-refractivity contribution in [2.45, 2.75) is 13.8 Å². The van der Waals surface area contributed by atoms with Gasteiger partial charge in [-0.25, -0.2) is 0 Å². The minimum Gasteiger partial charge on any atom is -0.508 e. The molecule has 2 rings (SSSR count). The molecule has 0 aromatic heterocycles. The molecule has 0 fully saturated rings. The molecule has 23 heavy (non-hydrogen) atoms. The lowest BCUT2D eigenvalue weighted by Gasteiger charge is -2.23. The lowest BCUT2D eigenvalue weighted by molar-refractivity contribution is 0.471. The second kappa shape index (κ2) is 8.32. The minimum atomic E-state index is 0.321. The van der Waals surface area contributed by atoms with Crippen LogP contribution in [0.3, 0.4) is 0 Å². The van der Waals surface area contributed by atoms with Crippen LogP contribution in [-0.2, 0) is 0 Å². The fourth-order valence-corrected chi connectivity index (χ4v) is 2.83. The highest BCUT2D eigenvalue weighted by molar-refractivity contribution is 6.18. The first-order valence-corrected chi connectivity index (χ1v) is 8.66. The third-order valence-electron chi connectivity index (χ3n) is 3.76. The third-order valence-corrected chi connectivity index (χ3v) is 4.10. The highest BCUT2D eigenvalue weighted by Gasteiger charge is 2.07. The normalized spacial score (nSPS) is 10.6. The van der Waals surface area contributed by atoms with Gasteiger partial charge in [0.1, 0.15) is 5.75 Å². The summed E-state index contributed by atoms with van der Waals surface area (Å²) in [5.41, 5.74) is 4.95. The monoisotopic (exact) mass is 352 g/mol. The Morgan fingerprint density at radius 3 is 2.13 bits per heavy atom. The topological polar surface area (TPSA) is 35.5 Å². The Morgan fingerprint density at radius 1 is 0.957 bits per heavy atom. The molecule has 0 heterocycles. The summed E-state index contributed by atoms with van der Waals surface area (Å²) in [6.07, 6.45) is 0. The fourth-order valence-electron chi connectivity index (χ4n) is 2.42. The van der Waals surface area contributed by atoms with Crippen molar-refractivity contribution >= 4 is 40.3 Å². The van der Waals surface area contributed by atoms with Crippen LogP contribution in [-0.4, -0.2) is 30.0 Å². The number of hydrogen-bond donors (Lipinski definition) is 2. The summed E-state index contributed by atoms with van der Waals surface area (Å²) in [7, 11) is 0. The van der Waals surface area contributed by atoms with E-state index in [1.807, 2.05) is 32.0 Å². The quantitative estimate of drug-likeness (QED) is 0.541. The molecule has 0 atom stereocenters. The number of alkyl halides is 2. The molecule has 0 radical (unpaired) electrons. The molecule has 2 aromatic carbocycles. The lowest BCUT2D eigenvalue weighted by Crippen LogP contribution is -2.27. The number of anilines is 3. The van der Waals surface area contributed by atoms with Crippen molar-refractivity contribution in [1.29, 1.82) is 0 Å². The standard InChI is InChI=1S/C18H22Cl2N2O/c1-13-12-18(23)14(2)11-17(13)21-15-3-5-16(6-4-15)22(9-7-19)10-8-20/h3-6,11-12,21,23H,7-10H2,1-2H3. The largest absolute Gasteiger partial charge is 0.508 e. The maximum atomic E-state index is 9.73. The van der Waals surface area contributed by atoms with Gasteiger partial charge in [0.15, 0.2) is 0 Å². The van der Waals surface area contributed by atoms with E-state index in [2.05, 4.69) is 22.3 Å². The van der Waals surface area contributed by atoms with Crippen molar-refractivity contribution in [2.75, 3.05) is 35.1 Å². The van der Waals surface area contributed by atoms with Gasteiger partial charge >= 0.3 is 0 Å². The molecule has 2 N–H and O–H groups in total. The summed E-state index contributed by atoms with van der Waals surface area (Å²) in [5.74, 6) is 1.47. The summed E-state index contributed by atoms with van der Waals surface area (Å²) in [6, 6.07) is 11.9. The fraction of sp³-hybridized carbons (Fsp3) is 0.333. The van der Waals surface area contributed by atoms with Gasteiger partial charge in [-0.05, 0) is 61.4 Å². The molecule has 5 heteroatoms. The van der Waals surface area contributed by atoms with Gasteiger partial charge in [0.2, 0.25) is 0 Å². The smallest absolute Gasteiger partial charge is 0.118 e. The van der Waals surface area contributed by atoms with Crippen LogP contribution in [0.2, 0.25) is 0 Å². The van der Waals surface area contributed by atoms with Gasteiger partial charge in [0.05, 0.1) is 0 Å². The minimum absolute atomic E-state index is 0.321. The van der Waals surface area contributed by atoms with Crippen molar-refractivity contribution in [2.24, 2.45) is 0 Å². The van der Waals surface area contributed by atoms with Crippen molar-refractivity contribution in [3.63, 3.8) is 0 Å². The molecule has 0 spiro atoms. The Hall–Kier alpha value is -1.58. The van der Waals surface area contributed by atoms with Gasteiger partial charge in [-0.15, -0.1) is 23.2 Å². The second-order valence-electron chi connectivity index (χ2n) is 5.49. The predicted molar refractivity (Wildman–Crippen MR) is 101 cm³/mol. The van der Waals surface area contributed by atoms with Gasteiger partial charge in [0, 0.05) is 41.9 Å². The zero-order valence-electron chi connectivity index (χ0n) is 13.4. The Labute approximate surface area is 147 Å². The first-order valence-electron chi connectivity index (χ1n) is 7.59. The number of phenolic OH excluding ortho intramolecular Hbond substituents is 1. The van der Waals surface area contributed by atoms with E-state index in [4.69, 9.17) is 23.2 Å². The maximum absolute atomic E-state index is 9.73. The Kier molecular flexibility index (Phi) is 6.43. The summed E-state index contributed by atoms with van der Waals surface area (Å²) in [5, 5.41) is 13.1. The molecule has 0 amide bonds. The highest BCUT2D eigenvalue weighted by atomic mass is 35.5. The molecule has 0 aliphatic heterocycles. The van der Waals surface area contributed by atoms with Crippen molar-refractivity contribution in [1.82, 2.24) is 0 Å². The average molecular weight is 353 g/mol. The lowest BCUT2D eigenvalue weighted by atomic mass is 10.1. The van der Waals surface area contributed by atoms with Gasteiger partial charge in [-0.3, -0.25) is 0 Å². The van der Waals surface area contributed by atoms with E-state index in [1.165, 1.54) is 0 Å². The average Bonchev–Trinajstić information content (AvgIpc) is 2.53. The molecule has 0 aliphatic carbocycles. The number of nitrogens with one attached hydrogen (secondary N) is 1. The zero-order chi connectivity index (χ0) is 16.8. The first kappa shape index (κ1) is 17.8. The molecule has 3 nitrogen and oxygen atoms in total. The molecule has 0 aliphatic rings. The molecule has 0 bridgehead atoms. The molecule has 0 saturated carbocycles. The van der Waals surface area contributed by atoms with E-state index < -0.39 is 0 Å². The third kappa shape index (κ3) is 4.69. The molecule has 124 valence electrons. The molecular weight excluding hydrogens is 331 g/mol. The zero-order valence-corrected chi connectivity index (χ0v) is 15.0. The summed E-state index contributed by atoms with van der Waals surface area (Å²) < 4.78 is 0. The Morgan fingerprint density at radius 2 is 1.57 bits per heavy atom. The van der Waals surface area contributed by atoms with Crippen LogP contribution in [0.5, 0.6) is 5.75 Å². The van der Waals surface area contributed by atoms with Gasteiger partial charge < -0.3 is 15.3 Å². The molecular formula is C18H22Cl2N2O. The van der Waals surface area contributed by atoms with Crippen LogP contribution in [0.4, 0.5) is 17.1 Å². The molecule has 0 saturated heterocycles. The van der Waals surface area contributed by atoms with Gasteiger partial charge in [-0.1, -0.05) is 0 Å². The van der Waals surface area contributed by atoms with Crippen LogP contribution in [0.1, 0.15) is 11.1 Å². The number of benzene rings is 2. The SMILES string of the molecule is Cc1cc(Nc2ccc(N(CCCl)CCCl)cc2)c(C)cc1O. The van der Waals surface area contributed by atoms with Crippen LogP contribution < -0.4 is 10.2 Å². The van der Waals surface area contributed by atoms with E-state index in [9.17, 15) is 5.11 Å². The van der Waals surface area contributed by atoms with Crippen molar-refractivity contribution < 1.29 is 5.11 Å². The van der Waals surface area contributed by atoms with E-state index in [0.29, 0.717) is 17.5 Å². The number of rotatable bonds is 7. The second-order valence-corrected chi connectivity index (χ2v) is 6.25. The van der Waals surface area contributed by atoms with E-state index in [0.717, 1.165) is 41.3 Å². The number of nitrogens with zero attached hydrogens (tertiary/aromatic N) is 1. The van der Waals surface area contributed by atoms with E-state index in [-0.39, 0.29) is 0 Å². The van der Waals surface area contributed by atoms with Crippen LogP contribution in [0.15, 0.2) is 36.4 Å². The first-order chi connectivity index (χ1) is 11.0. The van der Waals surface area contributed by atoms with Crippen LogP contribution in [0.25, 0.3) is 0 Å².